The summed E-state index contributed by atoms with van der Waals surface area (Å²) in [5.74, 6) is -0.676. The van der Waals surface area contributed by atoms with Crippen molar-refractivity contribution in [2.75, 3.05) is 5.32 Å². The third-order valence-electron chi connectivity index (χ3n) is 3.42. The van der Waals surface area contributed by atoms with E-state index in [1.54, 1.807) is 42.5 Å². The second-order valence-electron chi connectivity index (χ2n) is 4.93. The van der Waals surface area contributed by atoms with Crippen LogP contribution in [0.2, 0.25) is 0 Å². The monoisotopic (exact) mass is 292 g/mol. The van der Waals surface area contributed by atoms with Crippen LogP contribution < -0.4 is 5.32 Å². The van der Waals surface area contributed by atoms with Crippen LogP contribution in [0.1, 0.15) is 34.0 Å². The quantitative estimate of drug-likeness (QED) is 0.882. The second kappa shape index (κ2) is 5.70. The molecule has 2 aromatic rings. The van der Waals surface area contributed by atoms with Crippen LogP contribution in [0.4, 0.5) is 5.69 Å². The highest BCUT2D eigenvalue weighted by Gasteiger charge is 2.31. The number of nitrogens with one attached hydrogen (secondary N) is 1. The minimum Gasteiger partial charge on any atom is -0.453 e. The number of esters is 1. The van der Waals surface area contributed by atoms with E-state index in [0.29, 0.717) is 16.8 Å². The molecule has 0 saturated carbocycles. The first-order chi connectivity index (χ1) is 10.7. The Morgan fingerprint density at radius 1 is 1.23 bits per heavy atom. The zero-order chi connectivity index (χ0) is 15.5. The normalized spacial score (nSPS) is 15.6. The van der Waals surface area contributed by atoms with Crippen LogP contribution >= 0.6 is 0 Å². The van der Waals surface area contributed by atoms with Crippen molar-refractivity contribution in [2.45, 2.75) is 12.5 Å². The molecule has 5 heteroatoms. The summed E-state index contributed by atoms with van der Waals surface area (Å²) in [5.41, 5.74) is 2.25. The first-order valence-corrected chi connectivity index (χ1v) is 6.77. The molecule has 2 aromatic carbocycles. The van der Waals surface area contributed by atoms with Gasteiger partial charge < -0.3 is 10.1 Å². The minimum absolute atomic E-state index is 0.0412. The van der Waals surface area contributed by atoms with Crippen molar-refractivity contribution in [3.05, 3.63) is 65.2 Å². The number of rotatable bonds is 3. The fraction of sp³-hybridized carbons (Fsp3) is 0.118. The maximum absolute atomic E-state index is 12.1. The van der Waals surface area contributed by atoms with E-state index < -0.39 is 12.1 Å². The molecular weight excluding hydrogens is 280 g/mol. The predicted octanol–water partition coefficient (Wildman–Crippen LogP) is 2.80. The molecule has 1 amide bonds. The van der Waals surface area contributed by atoms with Gasteiger partial charge in [0.15, 0.2) is 0 Å². The number of carbonyl (C=O) groups is 2. The van der Waals surface area contributed by atoms with E-state index in [9.17, 15) is 9.59 Å². The molecule has 1 atom stereocenters. The van der Waals surface area contributed by atoms with Gasteiger partial charge in [0.2, 0.25) is 5.91 Å². The van der Waals surface area contributed by atoms with Gasteiger partial charge in [-0.2, -0.15) is 5.26 Å². The Hall–Kier alpha value is -3.13. The summed E-state index contributed by atoms with van der Waals surface area (Å²) >= 11 is 0. The zero-order valence-corrected chi connectivity index (χ0v) is 11.6. The second-order valence-corrected chi connectivity index (χ2v) is 4.93. The summed E-state index contributed by atoms with van der Waals surface area (Å²) in [6, 6.07) is 15.7. The highest BCUT2D eigenvalue weighted by molar-refractivity contribution is 5.96. The summed E-state index contributed by atoms with van der Waals surface area (Å²) in [6.45, 7) is 0. The molecule has 1 unspecified atom stereocenters. The minimum atomic E-state index is -0.567. The largest absolute Gasteiger partial charge is 0.453 e. The lowest BCUT2D eigenvalue weighted by Crippen LogP contribution is -2.15. The van der Waals surface area contributed by atoms with Crippen LogP contribution in [-0.2, 0) is 9.53 Å². The average molecular weight is 292 g/mol. The molecule has 3 rings (SSSR count). The maximum atomic E-state index is 12.1. The van der Waals surface area contributed by atoms with E-state index >= 15 is 0 Å². The van der Waals surface area contributed by atoms with Gasteiger partial charge in [-0.3, -0.25) is 4.79 Å². The lowest BCUT2D eigenvalue weighted by Gasteiger charge is -2.11. The van der Waals surface area contributed by atoms with E-state index in [1.807, 2.05) is 12.1 Å². The summed E-state index contributed by atoms with van der Waals surface area (Å²) < 4.78 is 5.23. The van der Waals surface area contributed by atoms with Crippen LogP contribution in [0.25, 0.3) is 0 Å². The SMILES string of the molecule is N#Cc1cccc(NC(=O)CC2OC(=O)c3ccccc32)c1. The molecule has 5 nitrogen and oxygen atoms in total. The molecule has 22 heavy (non-hydrogen) atoms. The molecule has 1 aliphatic rings. The van der Waals surface area contributed by atoms with Gasteiger partial charge in [-0.05, 0) is 24.3 Å². The number of anilines is 1. The standard InChI is InChI=1S/C17H12N2O3/c18-10-11-4-3-5-12(8-11)19-16(20)9-15-13-6-1-2-7-14(13)17(21)22-15/h1-8,15H,9H2,(H,19,20). The molecule has 0 aliphatic carbocycles. The Morgan fingerprint density at radius 3 is 2.86 bits per heavy atom. The van der Waals surface area contributed by atoms with E-state index in [4.69, 9.17) is 10.00 Å². The van der Waals surface area contributed by atoms with Crippen molar-refractivity contribution >= 4 is 17.6 Å². The average Bonchev–Trinajstić information content (AvgIpc) is 2.84. The lowest BCUT2D eigenvalue weighted by atomic mass is 10.0. The fourth-order valence-corrected chi connectivity index (χ4v) is 2.42. The number of benzene rings is 2. The van der Waals surface area contributed by atoms with E-state index in [-0.39, 0.29) is 12.3 Å². The number of amides is 1. The fourth-order valence-electron chi connectivity index (χ4n) is 2.42. The van der Waals surface area contributed by atoms with E-state index in [0.717, 1.165) is 5.56 Å². The van der Waals surface area contributed by atoms with Gasteiger partial charge in [0.1, 0.15) is 6.10 Å². The summed E-state index contributed by atoms with van der Waals surface area (Å²) in [4.78, 5) is 23.8. The first-order valence-electron chi connectivity index (χ1n) is 6.77. The van der Waals surface area contributed by atoms with Crippen molar-refractivity contribution in [3.63, 3.8) is 0 Å². The molecule has 1 N–H and O–H groups in total. The molecule has 0 bridgehead atoms. The van der Waals surface area contributed by atoms with Gasteiger partial charge in [0.05, 0.1) is 23.6 Å². The number of cyclic esters (lactones) is 1. The van der Waals surface area contributed by atoms with Gasteiger partial charge >= 0.3 is 5.97 Å². The van der Waals surface area contributed by atoms with Gasteiger partial charge in [-0.25, -0.2) is 4.79 Å². The van der Waals surface area contributed by atoms with E-state index in [1.165, 1.54) is 0 Å². The number of nitrogens with zero attached hydrogens (tertiary/aromatic N) is 1. The summed E-state index contributed by atoms with van der Waals surface area (Å²) in [6.07, 6.45) is -0.526. The van der Waals surface area contributed by atoms with E-state index in [2.05, 4.69) is 5.32 Å². The number of nitriles is 1. The molecule has 0 fully saturated rings. The zero-order valence-electron chi connectivity index (χ0n) is 11.6. The summed E-state index contributed by atoms with van der Waals surface area (Å²) in [5, 5.41) is 11.6. The Kier molecular flexibility index (Phi) is 3.58. The van der Waals surface area contributed by atoms with Crippen LogP contribution in [0, 0.1) is 11.3 Å². The van der Waals surface area contributed by atoms with Crippen molar-refractivity contribution in [2.24, 2.45) is 0 Å². The Bertz CT molecular complexity index is 792. The van der Waals surface area contributed by atoms with Crippen LogP contribution in [-0.4, -0.2) is 11.9 Å². The van der Waals surface area contributed by atoms with Crippen molar-refractivity contribution < 1.29 is 14.3 Å². The molecule has 0 aromatic heterocycles. The number of ether oxygens (including phenoxy) is 1. The topological polar surface area (TPSA) is 79.2 Å². The molecule has 0 saturated heterocycles. The van der Waals surface area contributed by atoms with Crippen LogP contribution in [0.15, 0.2) is 48.5 Å². The van der Waals surface area contributed by atoms with Gasteiger partial charge in [0.25, 0.3) is 0 Å². The molecular formula is C17H12N2O3. The smallest absolute Gasteiger partial charge is 0.339 e. The van der Waals surface area contributed by atoms with Crippen molar-refractivity contribution in [1.82, 2.24) is 0 Å². The first kappa shape index (κ1) is 13.8. The molecule has 0 radical (unpaired) electrons. The third kappa shape index (κ3) is 2.67. The van der Waals surface area contributed by atoms with Crippen molar-refractivity contribution in [3.8, 4) is 6.07 Å². The molecule has 1 heterocycles. The maximum Gasteiger partial charge on any atom is 0.339 e. The van der Waals surface area contributed by atoms with Gasteiger partial charge in [0, 0.05) is 11.3 Å². The Morgan fingerprint density at radius 2 is 2.05 bits per heavy atom. The predicted molar refractivity (Wildman–Crippen MR) is 79.0 cm³/mol. The Balaban J connectivity index is 1.71. The van der Waals surface area contributed by atoms with Crippen LogP contribution in [0.5, 0.6) is 0 Å². The molecule has 0 spiro atoms. The number of hydrogen-bond donors (Lipinski definition) is 1. The number of hydrogen-bond acceptors (Lipinski definition) is 4. The highest BCUT2D eigenvalue weighted by Crippen LogP contribution is 2.32. The third-order valence-corrected chi connectivity index (χ3v) is 3.42. The van der Waals surface area contributed by atoms with Crippen LogP contribution in [0.3, 0.4) is 0 Å². The lowest BCUT2D eigenvalue weighted by molar-refractivity contribution is -0.118. The summed E-state index contributed by atoms with van der Waals surface area (Å²) in [7, 11) is 0. The number of fused-ring (bicyclic) bond motifs is 1. The van der Waals surface area contributed by atoms with Gasteiger partial charge in [-0.15, -0.1) is 0 Å². The van der Waals surface area contributed by atoms with Crippen molar-refractivity contribution in [1.29, 1.82) is 5.26 Å². The highest BCUT2D eigenvalue weighted by atomic mass is 16.5. The molecule has 108 valence electrons. The number of carbonyl (C=O) groups excluding carboxylic acids is 2. The molecule has 1 aliphatic heterocycles. The Labute approximate surface area is 127 Å². The van der Waals surface area contributed by atoms with Gasteiger partial charge in [-0.1, -0.05) is 24.3 Å².